The highest BCUT2D eigenvalue weighted by molar-refractivity contribution is 7.80. The molecule has 0 fully saturated rings. The van der Waals surface area contributed by atoms with Gasteiger partial charge in [-0.3, -0.25) is 0 Å². The molecular formula is C51H32N4OS. The number of aromatic nitrogens is 4. The summed E-state index contributed by atoms with van der Waals surface area (Å²) in [5.74, 6) is 1.77. The van der Waals surface area contributed by atoms with E-state index in [1.807, 2.05) is 72.8 Å². The van der Waals surface area contributed by atoms with Crippen LogP contribution in [0.4, 0.5) is 0 Å². The third-order valence-corrected chi connectivity index (χ3v) is 11.3. The van der Waals surface area contributed by atoms with Gasteiger partial charge in [-0.1, -0.05) is 146 Å². The summed E-state index contributed by atoms with van der Waals surface area (Å²) in [5, 5.41) is 4.50. The van der Waals surface area contributed by atoms with Gasteiger partial charge in [0.05, 0.1) is 16.6 Å². The zero-order valence-corrected chi connectivity index (χ0v) is 31.4. The Labute approximate surface area is 334 Å². The molecule has 6 heteroatoms. The first kappa shape index (κ1) is 33.1. The summed E-state index contributed by atoms with van der Waals surface area (Å²) in [5.41, 5.74) is 11.8. The normalized spacial score (nSPS) is 11.6. The SMILES string of the molecule is Sc1c(-c2cccc(-n3c4ccccc4c4ccccc43)c2)cccc1-c1ccc2c(c1)oc1c(-c3nc(-c4ccccc4)nc(-c4ccccc4)n3)cccc12. The van der Waals surface area contributed by atoms with Crippen LogP contribution in [0.5, 0.6) is 0 Å². The van der Waals surface area contributed by atoms with E-state index in [2.05, 4.69) is 120 Å². The number of para-hydroxylation sites is 3. The second-order valence-electron chi connectivity index (χ2n) is 14.2. The van der Waals surface area contributed by atoms with Crippen molar-refractivity contribution in [1.29, 1.82) is 0 Å². The summed E-state index contributed by atoms with van der Waals surface area (Å²) in [6.45, 7) is 0. The maximum atomic E-state index is 6.75. The molecule has 0 aliphatic heterocycles. The zero-order valence-electron chi connectivity index (χ0n) is 30.5. The molecule has 3 heterocycles. The van der Waals surface area contributed by atoms with E-state index in [1.165, 1.54) is 21.8 Å². The van der Waals surface area contributed by atoms with Crippen LogP contribution in [-0.2, 0) is 0 Å². The molecule has 0 aliphatic carbocycles. The van der Waals surface area contributed by atoms with Gasteiger partial charge in [0.25, 0.3) is 0 Å². The Morgan fingerprint density at radius 3 is 1.56 bits per heavy atom. The average molecular weight is 749 g/mol. The summed E-state index contributed by atoms with van der Waals surface area (Å²) in [4.78, 5) is 15.8. The van der Waals surface area contributed by atoms with E-state index in [0.29, 0.717) is 17.5 Å². The monoisotopic (exact) mass is 748 g/mol. The Kier molecular flexibility index (Phi) is 7.83. The van der Waals surface area contributed by atoms with E-state index in [4.69, 9.17) is 32.0 Å². The van der Waals surface area contributed by atoms with Gasteiger partial charge >= 0.3 is 0 Å². The van der Waals surface area contributed by atoms with Gasteiger partial charge in [0.2, 0.25) is 0 Å². The van der Waals surface area contributed by atoms with Crippen LogP contribution < -0.4 is 0 Å². The van der Waals surface area contributed by atoms with E-state index < -0.39 is 0 Å². The molecular weight excluding hydrogens is 717 g/mol. The van der Waals surface area contributed by atoms with Crippen molar-refractivity contribution >= 4 is 56.4 Å². The fourth-order valence-electron chi connectivity index (χ4n) is 8.09. The van der Waals surface area contributed by atoms with E-state index in [0.717, 1.165) is 71.5 Å². The maximum Gasteiger partial charge on any atom is 0.167 e. The van der Waals surface area contributed by atoms with E-state index in [9.17, 15) is 0 Å². The van der Waals surface area contributed by atoms with Crippen LogP contribution in [0, 0.1) is 0 Å². The van der Waals surface area contributed by atoms with Gasteiger partial charge in [-0.15, -0.1) is 12.6 Å². The summed E-state index contributed by atoms with van der Waals surface area (Å²) in [6.07, 6.45) is 0. The van der Waals surface area contributed by atoms with Gasteiger partial charge in [-0.05, 0) is 64.7 Å². The van der Waals surface area contributed by atoms with Crippen molar-refractivity contribution in [3.63, 3.8) is 0 Å². The van der Waals surface area contributed by atoms with Crippen molar-refractivity contribution in [2.75, 3.05) is 0 Å². The highest BCUT2D eigenvalue weighted by Crippen LogP contribution is 2.41. The Hall–Kier alpha value is -7.28. The molecule has 0 bridgehead atoms. The van der Waals surface area contributed by atoms with Crippen LogP contribution in [-0.4, -0.2) is 19.5 Å². The molecule has 0 saturated heterocycles. The molecule has 0 radical (unpaired) electrons. The second kappa shape index (κ2) is 13.5. The number of nitrogens with zero attached hydrogens (tertiary/aromatic N) is 4. The number of hydrogen-bond acceptors (Lipinski definition) is 5. The van der Waals surface area contributed by atoms with Crippen LogP contribution >= 0.6 is 12.6 Å². The molecule has 0 unspecified atom stereocenters. The molecule has 0 N–H and O–H groups in total. The summed E-state index contributed by atoms with van der Waals surface area (Å²) >= 11 is 5.19. The number of furan rings is 1. The molecule has 11 rings (SSSR count). The molecule has 0 amide bonds. The lowest BCUT2D eigenvalue weighted by atomic mass is 9.97. The Balaban J connectivity index is 1.01. The molecule has 57 heavy (non-hydrogen) atoms. The Bertz CT molecular complexity index is 3200. The average Bonchev–Trinajstić information content (AvgIpc) is 3.82. The number of thiol groups is 1. The van der Waals surface area contributed by atoms with Crippen LogP contribution in [0.25, 0.3) is 106 Å². The number of benzene rings is 8. The highest BCUT2D eigenvalue weighted by atomic mass is 32.1. The second-order valence-corrected chi connectivity index (χ2v) is 14.6. The van der Waals surface area contributed by atoms with Crippen molar-refractivity contribution in [3.8, 4) is 62.1 Å². The summed E-state index contributed by atoms with van der Waals surface area (Å²) in [6, 6.07) is 64.9. The van der Waals surface area contributed by atoms with Gasteiger partial charge in [0.15, 0.2) is 17.5 Å². The first-order valence-electron chi connectivity index (χ1n) is 18.9. The highest BCUT2D eigenvalue weighted by Gasteiger charge is 2.19. The minimum absolute atomic E-state index is 0.557. The smallest absolute Gasteiger partial charge is 0.167 e. The third-order valence-electron chi connectivity index (χ3n) is 10.8. The zero-order chi connectivity index (χ0) is 37.9. The Morgan fingerprint density at radius 1 is 0.386 bits per heavy atom. The topological polar surface area (TPSA) is 56.7 Å². The van der Waals surface area contributed by atoms with E-state index in [1.54, 1.807) is 0 Å². The fourth-order valence-corrected chi connectivity index (χ4v) is 8.50. The molecule has 8 aromatic carbocycles. The predicted molar refractivity (Wildman–Crippen MR) is 236 cm³/mol. The molecule has 0 atom stereocenters. The van der Waals surface area contributed by atoms with Crippen molar-refractivity contribution < 1.29 is 4.42 Å². The minimum atomic E-state index is 0.557. The van der Waals surface area contributed by atoms with Crippen LogP contribution in [0.3, 0.4) is 0 Å². The largest absolute Gasteiger partial charge is 0.455 e. The van der Waals surface area contributed by atoms with Crippen LogP contribution in [0.15, 0.2) is 197 Å². The maximum absolute atomic E-state index is 6.75. The predicted octanol–water partition coefficient (Wildman–Crippen LogP) is 13.5. The van der Waals surface area contributed by atoms with E-state index in [-0.39, 0.29) is 0 Å². The molecule has 0 saturated carbocycles. The molecule has 11 aromatic rings. The number of hydrogen-bond donors (Lipinski definition) is 1. The molecule has 5 nitrogen and oxygen atoms in total. The lowest BCUT2D eigenvalue weighted by molar-refractivity contribution is 0.669. The first-order valence-corrected chi connectivity index (χ1v) is 19.4. The van der Waals surface area contributed by atoms with Gasteiger partial charge in [0.1, 0.15) is 11.2 Å². The molecule has 268 valence electrons. The number of fused-ring (bicyclic) bond motifs is 6. The van der Waals surface area contributed by atoms with E-state index >= 15 is 0 Å². The molecule has 0 aliphatic rings. The lowest BCUT2D eigenvalue weighted by Gasteiger charge is -2.14. The first-order chi connectivity index (χ1) is 28.2. The van der Waals surface area contributed by atoms with Gasteiger partial charge in [-0.25, -0.2) is 15.0 Å². The van der Waals surface area contributed by atoms with Crippen molar-refractivity contribution in [1.82, 2.24) is 19.5 Å². The van der Waals surface area contributed by atoms with Gasteiger partial charge in [0, 0.05) is 43.3 Å². The van der Waals surface area contributed by atoms with Gasteiger partial charge in [-0.2, -0.15) is 0 Å². The lowest BCUT2D eigenvalue weighted by Crippen LogP contribution is -2.00. The van der Waals surface area contributed by atoms with Crippen LogP contribution in [0.1, 0.15) is 0 Å². The molecule has 3 aromatic heterocycles. The third kappa shape index (κ3) is 5.61. The standard InChI is InChI=1S/C51H32N4OS/c57-48-37(34-18-11-19-36(30-34)55-44-26-9-7-20-39(44)40-21-8-10-27-45(40)55)22-12-23-38(48)35-28-29-41-42-24-13-25-43(47(42)56-46(41)31-35)51-53-49(32-14-3-1-4-15-32)52-50(54-51)33-16-5-2-6-17-33/h1-31,57H. The summed E-state index contributed by atoms with van der Waals surface area (Å²) < 4.78 is 9.09. The molecule has 0 spiro atoms. The minimum Gasteiger partial charge on any atom is -0.455 e. The van der Waals surface area contributed by atoms with Crippen LogP contribution in [0.2, 0.25) is 0 Å². The fraction of sp³-hybridized carbons (Fsp3) is 0. The summed E-state index contributed by atoms with van der Waals surface area (Å²) in [7, 11) is 0. The number of rotatable bonds is 6. The van der Waals surface area contributed by atoms with Crippen molar-refractivity contribution in [3.05, 3.63) is 188 Å². The quantitative estimate of drug-likeness (QED) is 0.172. The van der Waals surface area contributed by atoms with Crippen molar-refractivity contribution in [2.45, 2.75) is 4.90 Å². The Morgan fingerprint density at radius 2 is 0.895 bits per heavy atom. The van der Waals surface area contributed by atoms with Gasteiger partial charge < -0.3 is 8.98 Å². The van der Waals surface area contributed by atoms with Crippen molar-refractivity contribution in [2.24, 2.45) is 0 Å².